The molecule has 4 nitrogen and oxygen atoms in total. The number of rotatable bonds is 1. The van der Waals surface area contributed by atoms with E-state index in [9.17, 15) is 0 Å². The Labute approximate surface area is 142 Å². The van der Waals surface area contributed by atoms with Gasteiger partial charge in [0.25, 0.3) is 0 Å². The summed E-state index contributed by atoms with van der Waals surface area (Å²) in [6, 6.07) is 8.59. The van der Waals surface area contributed by atoms with Gasteiger partial charge in [-0.3, -0.25) is 4.90 Å². The summed E-state index contributed by atoms with van der Waals surface area (Å²) in [5, 5.41) is 1.91. The maximum absolute atomic E-state index is 6.16. The molecule has 2 aliphatic heterocycles. The molecule has 2 saturated heterocycles. The average Bonchev–Trinajstić information content (AvgIpc) is 2.75. The number of likely N-dealkylation sites (N-methyl/N-ethyl adjacent to an activating group) is 1. The van der Waals surface area contributed by atoms with Crippen LogP contribution < -0.4 is 4.90 Å². The number of aryl methyl sites for hydroxylation is 1. The van der Waals surface area contributed by atoms with Crippen molar-refractivity contribution < 1.29 is 4.74 Å². The zero-order valence-corrected chi connectivity index (χ0v) is 14.4. The predicted octanol–water partition coefficient (Wildman–Crippen LogP) is 2.96. The van der Waals surface area contributed by atoms with E-state index in [2.05, 4.69) is 35.9 Å². The first-order valence-electron chi connectivity index (χ1n) is 8.20. The molecule has 1 aromatic heterocycles. The van der Waals surface area contributed by atoms with Gasteiger partial charge in [-0.25, -0.2) is 4.98 Å². The van der Waals surface area contributed by atoms with Gasteiger partial charge in [-0.2, -0.15) is 0 Å². The maximum atomic E-state index is 6.16. The van der Waals surface area contributed by atoms with Gasteiger partial charge in [0.2, 0.25) is 0 Å². The minimum Gasteiger partial charge on any atom is -0.379 e. The molecule has 1 aromatic carbocycles. The third-order valence-corrected chi connectivity index (χ3v) is 5.27. The van der Waals surface area contributed by atoms with Crippen LogP contribution in [0.5, 0.6) is 0 Å². The molecule has 122 valence electrons. The van der Waals surface area contributed by atoms with Crippen LogP contribution in [0.4, 0.5) is 5.82 Å². The molecular weight excluding hydrogens is 310 g/mol. The van der Waals surface area contributed by atoms with Crippen molar-refractivity contribution in [1.29, 1.82) is 0 Å². The van der Waals surface area contributed by atoms with Crippen molar-refractivity contribution >= 4 is 28.3 Å². The summed E-state index contributed by atoms with van der Waals surface area (Å²) in [4.78, 5) is 9.75. The smallest absolute Gasteiger partial charge is 0.129 e. The van der Waals surface area contributed by atoms with Gasteiger partial charge >= 0.3 is 0 Å². The summed E-state index contributed by atoms with van der Waals surface area (Å²) in [7, 11) is 2.20. The molecule has 2 aromatic rings. The second-order valence-electron chi connectivity index (χ2n) is 6.86. The molecule has 0 spiro atoms. The fourth-order valence-corrected chi connectivity index (χ4v) is 3.92. The third-order valence-electron chi connectivity index (χ3n) is 5.03. The Morgan fingerprint density at radius 3 is 2.91 bits per heavy atom. The average molecular weight is 332 g/mol. The minimum absolute atomic E-state index is 0.430. The predicted molar refractivity (Wildman–Crippen MR) is 94.4 cm³/mol. The summed E-state index contributed by atoms with van der Waals surface area (Å²) in [5.74, 6) is 1.59. The highest BCUT2D eigenvalue weighted by Crippen LogP contribution is 2.28. The van der Waals surface area contributed by atoms with Gasteiger partial charge in [0, 0.05) is 36.0 Å². The quantitative estimate of drug-likeness (QED) is 0.803. The largest absolute Gasteiger partial charge is 0.379 e. The lowest BCUT2D eigenvalue weighted by molar-refractivity contribution is 0.0930. The number of nitrogens with zero attached hydrogens (tertiary/aromatic N) is 3. The van der Waals surface area contributed by atoms with Crippen LogP contribution in [0.1, 0.15) is 5.56 Å². The highest BCUT2D eigenvalue weighted by molar-refractivity contribution is 6.31. The monoisotopic (exact) mass is 331 g/mol. The number of hydrogen-bond acceptors (Lipinski definition) is 4. The Morgan fingerprint density at radius 2 is 2.04 bits per heavy atom. The van der Waals surface area contributed by atoms with E-state index in [4.69, 9.17) is 21.3 Å². The van der Waals surface area contributed by atoms with E-state index in [-0.39, 0.29) is 0 Å². The topological polar surface area (TPSA) is 28.6 Å². The van der Waals surface area contributed by atoms with E-state index in [1.807, 2.05) is 12.1 Å². The number of halogens is 1. The lowest BCUT2D eigenvalue weighted by Crippen LogP contribution is -2.42. The number of aromatic nitrogens is 1. The third kappa shape index (κ3) is 2.91. The standard InChI is InChI=1S/C18H22ClN3O/c1-12-5-18(20-17-6-14(19)3-4-16(12)17)22-8-13-7-21(2)15(9-22)11-23-10-13/h3-6,13,15H,7-11H2,1-2H3/t13-,15+/m1/s1. The highest BCUT2D eigenvalue weighted by atomic mass is 35.5. The van der Waals surface area contributed by atoms with E-state index in [1.54, 1.807) is 0 Å². The Kier molecular flexibility index (Phi) is 3.92. The zero-order valence-electron chi connectivity index (χ0n) is 13.6. The van der Waals surface area contributed by atoms with Crippen LogP contribution in [0.2, 0.25) is 5.02 Å². The van der Waals surface area contributed by atoms with Crippen molar-refractivity contribution in [2.75, 3.05) is 44.8 Å². The first-order valence-corrected chi connectivity index (χ1v) is 8.58. The molecule has 2 aliphatic rings. The zero-order chi connectivity index (χ0) is 16.0. The fraction of sp³-hybridized carbons (Fsp3) is 0.500. The van der Waals surface area contributed by atoms with Crippen LogP contribution in [0.15, 0.2) is 24.3 Å². The molecule has 2 bridgehead atoms. The van der Waals surface area contributed by atoms with Crippen LogP contribution >= 0.6 is 11.6 Å². The first kappa shape index (κ1) is 15.2. The van der Waals surface area contributed by atoms with Crippen molar-refractivity contribution in [3.63, 3.8) is 0 Å². The molecular formula is C18H22ClN3O. The maximum Gasteiger partial charge on any atom is 0.129 e. The van der Waals surface area contributed by atoms with E-state index in [0.717, 1.165) is 49.2 Å². The van der Waals surface area contributed by atoms with Crippen molar-refractivity contribution in [1.82, 2.24) is 9.88 Å². The molecule has 2 atom stereocenters. The Bertz CT molecular complexity index is 736. The van der Waals surface area contributed by atoms with Gasteiger partial charge in [0.1, 0.15) is 5.82 Å². The molecule has 0 aliphatic carbocycles. The number of anilines is 1. The van der Waals surface area contributed by atoms with E-state index in [1.165, 1.54) is 10.9 Å². The van der Waals surface area contributed by atoms with Crippen molar-refractivity contribution in [3.05, 3.63) is 34.9 Å². The fourth-order valence-electron chi connectivity index (χ4n) is 3.76. The second-order valence-corrected chi connectivity index (χ2v) is 7.30. The van der Waals surface area contributed by atoms with Crippen LogP contribution in [0.3, 0.4) is 0 Å². The lowest BCUT2D eigenvalue weighted by atomic mass is 10.1. The molecule has 23 heavy (non-hydrogen) atoms. The molecule has 2 fully saturated rings. The van der Waals surface area contributed by atoms with Gasteiger partial charge in [0.05, 0.1) is 24.8 Å². The van der Waals surface area contributed by atoms with Crippen molar-refractivity contribution in [3.8, 4) is 0 Å². The van der Waals surface area contributed by atoms with Crippen LogP contribution in [-0.4, -0.2) is 55.8 Å². The van der Waals surface area contributed by atoms with Gasteiger partial charge < -0.3 is 9.64 Å². The summed E-state index contributed by atoms with van der Waals surface area (Å²) < 4.78 is 5.82. The Morgan fingerprint density at radius 1 is 1.17 bits per heavy atom. The molecule has 0 amide bonds. The van der Waals surface area contributed by atoms with Gasteiger partial charge in [-0.05, 0) is 37.7 Å². The molecule has 0 saturated carbocycles. The molecule has 0 radical (unpaired) electrons. The molecule has 4 rings (SSSR count). The SMILES string of the molecule is Cc1cc(N2C[C@@H]3COC[C@H](C2)N(C)C3)nc2cc(Cl)ccc12. The van der Waals surface area contributed by atoms with Crippen molar-refractivity contribution in [2.45, 2.75) is 13.0 Å². The van der Waals surface area contributed by atoms with Gasteiger partial charge in [-0.15, -0.1) is 0 Å². The second kappa shape index (κ2) is 5.93. The summed E-state index contributed by atoms with van der Waals surface area (Å²) in [6.45, 7) is 6.86. The van der Waals surface area contributed by atoms with Crippen LogP contribution in [0.25, 0.3) is 10.9 Å². The van der Waals surface area contributed by atoms with Crippen LogP contribution in [-0.2, 0) is 4.74 Å². The molecule has 0 unspecified atom stereocenters. The lowest BCUT2D eigenvalue weighted by Gasteiger charge is -2.31. The summed E-state index contributed by atoms with van der Waals surface area (Å²) in [6.07, 6.45) is 0. The summed E-state index contributed by atoms with van der Waals surface area (Å²) in [5.41, 5.74) is 2.23. The van der Waals surface area contributed by atoms with E-state index < -0.39 is 0 Å². The van der Waals surface area contributed by atoms with E-state index >= 15 is 0 Å². The molecule has 5 heteroatoms. The molecule has 3 heterocycles. The number of pyridine rings is 1. The highest BCUT2D eigenvalue weighted by Gasteiger charge is 2.32. The summed E-state index contributed by atoms with van der Waals surface area (Å²) >= 11 is 6.16. The van der Waals surface area contributed by atoms with Gasteiger partial charge in [-0.1, -0.05) is 17.7 Å². The Balaban J connectivity index is 1.73. The molecule has 0 N–H and O–H groups in total. The normalized spacial score (nSPS) is 25.6. The van der Waals surface area contributed by atoms with Crippen LogP contribution in [0, 0.1) is 12.8 Å². The number of hydrogen-bond donors (Lipinski definition) is 0. The first-order chi connectivity index (χ1) is 11.1. The minimum atomic E-state index is 0.430. The van der Waals surface area contributed by atoms with Gasteiger partial charge in [0.15, 0.2) is 0 Å². The number of benzene rings is 1. The van der Waals surface area contributed by atoms with Crippen molar-refractivity contribution in [2.24, 2.45) is 5.92 Å². The Hall–Kier alpha value is -1.36. The number of ether oxygens (including phenoxy) is 1. The van der Waals surface area contributed by atoms with E-state index in [0.29, 0.717) is 12.0 Å². The number of fused-ring (bicyclic) bond motifs is 4.